The molecule has 0 atom stereocenters. The van der Waals surface area contributed by atoms with Crippen molar-refractivity contribution in [1.29, 1.82) is 0 Å². The minimum absolute atomic E-state index is 0.0873. The van der Waals surface area contributed by atoms with Crippen molar-refractivity contribution >= 4 is 16.8 Å². The summed E-state index contributed by atoms with van der Waals surface area (Å²) in [5.41, 5.74) is 1.83. The number of pyridine rings is 2. The predicted octanol–water partition coefficient (Wildman–Crippen LogP) is 2.28. The van der Waals surface area contributed by atoms with Gasteiger partial charge in [-0.05, 0) is 23.8 Å². The number of fused-ring (bicyclic) bond motifs is 2. The van der Waals surface area contributed by atoms with E-state index in [4.69, 9.17) is 9.47 Å². The van der Waals surface area contributed by atoms with Gasteiger partial charge in [0.25, 0.3) is 11.5 Å². The molecule has 1 aliphatic heterocycles. The van der Waals surface area contributed by atoms with Crippen LogP contribution in [0.3, 0.4) is 0 Å². The molecule has 4 heterocycles. The first-order chi connectivity index (χ1) is 15.2. The standard InChI is InChI=1S/C22H17N5O4/c28-21-16(6-15-7-19-20(31-13-30-19)8-17(15)26-21)12-27(11-14-2-1-3-23-9-14)22(29)18-10-24-4-5-25-18/h1-10H,11-13H2,(H,26,28). The van der Waals surface area contributed by atoms with Crippen molar-refractivity contribution in [2.75, 3.05) is 6.79 Å². The molecule has 9 heteroatoms. The summed E-state index contributed by atoms with van der Waals surface area (Å²) in [6, 6.07) is 8.98. The fraction of sp³-hybridized carbons (Fsp3) is 0.136. The predicted molar refractivity (Wildman–Crippen MR) is 111 cm³/mol. The number of carbonyl (C=O) groups excluding carboxylic acids is 1. The highest BCUT2D eigenvalue weighted by Gasteiger charge is 2.21. The van der Waals surface area contributed by atoms with Gasteiger partial charge in [-0.3, -0.25) is 19.6 Å². The minimum atomic E-state index is -0.331. The second-order valence-electron chi connectivity index (χ2n) is 7.03. The Morgan fingerprint density at radius 1 is 1.03 bits per heavy atom. The smallest absolute Gasteiger partial charge is 0.274 e. The highest BCUT2D eigenvalue weighted by molar-refractivity contribution is 5.92. The average molecular weight is 415 g/mol. The number of hydrogen-bond acceptors (Lipinski definition) is 7. The Kier molecular flexibility index (Phi) is 4.75. The fourth-order valence-electron chi connectivity index (χ4n) is 3.45. The number of hydrogen-bond donors (Lipinski definition) is 1. The Morgan fingerprint density at radius 2 is 1.87 bits per heavy atom. The van der Waals surface area contributed by atoms with Crippen LogP contribution < -0.4 is 15.0 Å². The van der Waals surface area contributed by atoms with E-state index in [2.05, 4.69) is 19.9 Å². The number of amides is 1. The lowest BCUT2D eigenvalue weighted by molar-refractivity contribution is 0.0723. The highest BCUT2D eigenvalue weighted by atomic mass is 16.7. The molecule has 1 N–H and O–H groups in total. The first-order valence-electron chi connectivity index (χ1n) is 9.57. The second-order valence-corrected chi connectivity index (χ2v) is 7.03. The van der Waals surface area contributed by atoms with Crippen LogP contribution in [0, 0.1) is 0 Å². The molecule has 1 amide bonds. The van der Waals surface area contributed by atoms with Crippen molar-refractivity contribution < 1.29 is 14.3 Å². The first-order valence-corrected chi connectivity index (χ1v) is 9.57. The van der Waals surface area contributed by atoms with Crippen LogP contribution in [0.1, 0.15) is 21.6 Å². The first kappa shape index (κ1) is 18.7. The zero-order valence-corrected chi connectivity index (χ0v) is 16.3. The van der Waals surface area contributed by atoms with Crippen molar-refractivity contribution in [1.82, 2.24) is 24.8 Å². The molecule has 5 rings (SSSR count). The molecule has 0 saturated heterocycles. The monoisotopic (exact) mass is 415 g/mol. The van der Waals surface area contributed by atoms with Gasteiger partial charge in [0.05, 0.1) is 18.3 Å². The minimum Gasteiger partial charge on any atom is -0.454 e. The van der Waals surface area contributed by atoms with Crippen LogP contribution in [0.5, 0.6) is 11.5 Å². The van der Waals surface area contributed by atoms with Gasteiger partial charge in [-0.25, -0.2) is 4.98 Å². The van der Waals surface area contributed by atoms with Crippen LogP contribution in [0.4, 0.5) is 0 Å². The average Bonchev–Trinajstić information content (AvgIpc) is 3.25. The summed E-state index contributed by atoms with van der Waals surface area (Å²) in [4.78, 5) is 42.5. The van der Waals surface area contributed by atoms with Crippen LogP contribution in [0.25, 0.3) is 10.9 Å². The largest absolute Gasteiger partial charge is 0.454 e. The molecule has 0 unspecified atom stereocenters. The van der Waals surface area contributed by atoms with Crippen molar-refractivity contribution in [3.05, 3.63) is 88.5 Å². The SMILES string of the molecule is O=C(c1cnccn1)N(Cc1cccnc1)Cc1cc2cc3c(cc2[nH]c1=O)OCO3. The maximum atomic E-state index is 13.1. The molecule has 0 aliphatic carbocycles. The van der Waals surface area contributed by atoms with Gasteiger partial charge in [0.2, 0.25) is 6.79 Å². The number of aromatic nitrogens is 4. The highest BCUT2D eigenvalue weighted by Crippen LogP contribution is 2.35. The molecule has 154 valence electrons. The van der Waals surface area contributed by atoms with Gasteiger partial charge >= 0.3 is 0 Å². The zero-order valence-electron chi connectivity index (χ0n) is 16.3. The molecular weight excluding hydrogens is 398 g/mol. The van der Waals surface area contributed by atoms with Crippen molar-refractivity contribution in [2.45, 2.75) is 13.1 Å². The Hall–Kier alpha value is -4.27. The fourth-order valence-corrected chi connectivity index (χ4v) is 3.45. The van der Waals surface area contributed by atoms with Crippen LogP contribution in [-0.4, -0.2) is 37.5 Å². The van der Waals surface area contributed by atoms with Gasteiger partial charge in [-0.15, -0.1) is 0 Å². The third-order valence-electron chi connectivity index (χ3n) is 4.94. The summed E-state index contributed by atoms with van der Waals surface area (Å²) in [6.45, 7) is 0.500. The lowest BCUT2D eigenvalue weighted by Gasteiger charge is -2.22. The Bertz CT molecular complexity index is 1310. The molecule has 1 aliphatic rings. The van der Waals surface area contributed by atoms with E-state index in [1.165, 1.54) is 18.6 Å². The number of nitrogens with zero attached hydrogens (tertiary/aromatic N) is 4. The summed E-state index contributed by atoms with van der Waals surface area (Å²) in [5.74, 6) is 0.877. The van der Waals surface area contributed by atoms with Gasteiger partial charge in [0.15, 0.2) is 11.5 Å². The van der Waals surface area contributed by atoms with Crippen LogP contribution >= 0.6 is 0 Å². The number of carbonyl (C=O) groups is 1. The number of benzene rings is 1. The van der Waals surface area contributed by atoms with Crippen molar-refractivity contribution in [2.24, 2.45) is 0 Å². The van der Waals surface area contributed by atoms with Crippen molar-refractivity contribution in [3.63, 3.8) is 0 Å². The van der Waals surface area contributed by atoms with Crippen LogP contribution in [0.2, 0.25) is 0 Å². The van der Waals surface area contributed by atoms with Gasteiger partial charge < -0.3 is 19.4 Å². The molecule has 9 nitrogen and oxygen atoms in total. The number of ether oxygens (including phenoxy) is 2. The van der Waals surface area contributed by atoms with E-state index in [-0.39, 0.29) is 37.0 Å². The Balaban J connectivity index is 1.51. The van der Waals surface area contributed by atoms with Gasteiger partial charge in [0.1, 0.15) is 5.69 Å². The molecule has 31 heavy (non-hydrogen) atoms. The zero-order chi connectivity index (χ0) is 21.2. The van der Waals surface area contributed by atoms with Crippen LogP contribution in [0.15, 0.2) is 66.1 Å². The number of nitrogens with one attached hydrogen (secondary N) is 1. The molecule has 0 fully saturated rings. The summed E-state index contributed by atoms with van der Waals surface area (Å²) >= 11 is 0. The number of rotatable bonds is 5. The van der Waals surface area contributed by atoms with E-state index >= 15 is 0 Å². The van der Waals surface area contributed by atoms with E-state index in [9.17, 15) is 9.59 Å². The van der Waals surface area contributed by atoms with E-state index < -0.39 is 0 Å². The molecule has 0 radical (unpaired) electrons. The third-order valence-corrected chi connectivity index (χ3v) is 4.94. The van der Waals surface area contributed by atoms with E-state index in [1.807, 2.05) is 12.1 Å². The Morgan fingerprint density at radius 3 is 2.65 bits per heavy atom. The second kappa shape index (κ2) is 7.86. The molecule has 0 spiro atoms. The van der Waals surface area contributed by atoms with Gasteiger partial charge in [0, 0.05) is 48.3 Å². The molecule has 3 aromatic heterocycles. The summed E-state index contributed by atoms with van der Waals surface area (Å²) in [6.07, 6.45) is 7.71. The van der Waals surface area contributed by atoms with Gasteiger partial charge in [-0.1, -0.05) is 6.07 Å². The van der Waals surface area contributed by atoms with E-state index in [1.54, 1.807) is 35.5 Å². The third kappa shape index (κ3) is 3.80. The topological polar surface area (TPSA) is 110 Å². The lowest BCUT2D eigenvalue weighted by Crippen LogP contribution is -2.33. The summed E-state index contributed by atoms with van der Waals surface area (Å²) in [7, 11) is 0. The van der Waals surface area contributed by atoms with E-state index in [0.717, 1.165) is 10.9 Å². The summed E-state index contributed by atoms with van der Waals surface area (Å²) < 4.78 is 10.8. The van der Waals surface area contributed by atoms with Crippen molar-refractivity contribution in [3.8, 4) is 11.5 Å². The van der Waals surface area contributed by atoms with E-state index in [0.29, 0.717) is 22.6 Å². The van der Waals surface area contributed by atoms with Gasteiger partial charge in [-0.2, -0.15) is 0 Å². The molecule has 4 aromatic rings. The number of H-pyrrole nitrogens is 1. The summed E-state index contributed by atoms with van der Waals surface area (Å²) in [5, 5.41) is 0.784. The lowest BCUT2D eigenvalue weighted by atomic mass is 10.1. The molecular formula is C22H17N5O4. The number of aromatic amines is 1. The maximum Gasteiger partial charge on any atom is 0.274 e. The Labute approximate surface area is 176 Å². The maximum absolute atomic E-state index is 13.1. The molecule has 0 saturated carbocycles. The molecule has 1 aromatic carbocycles. The normalized spacial score (nSPS) is 12.1. The molecule has 0 bridgehead atoms. The van der Waals surface area contributed by atoms with Crippen LogP contribution in [-0.2, 0) is 13.1 Å². The quantitative estimate of drug-likeness (QED) is 0.532.